The monoisotopic (exact) mass is 289 g/mol. The van der Waals surface area contributed by atoms with Crippen LogP contribution < -0.4 is 11.1 Å². The molecule has 0 saturated carbocycles. The van der Waals surface area contributed by atoms with Gasteiger partial charge >= 0.3 is 0 Å². The van der Waals surface area contributed by atoms with E-state index in [4.69, 9.17) is 5.73 Å². The van der Waals surface area contributed by atoms with Crippen LogP contribution in [0, 0.1) is 5.82 Å². The van der Waals surface area contributed by atoms with E-state index in [9.17, 15) is 4.39 Å². The number of halogens is 2. The van der Waals surface area contributed by atoms with Crippen molar-refractivity contribution in [1.29, 1.82) is 0 Å². The largest absolute Gasteiger partial charge is 0.397 e. The summed E-state index contributed by atoms with van der Waals surface area (Å²) in [7, 11) is 4.00. The Morgan fingerprint density at radius 3 is 2.69 bits per heavy atom. The lowest BCUT2D eigenvalue weighted by Gasteiger charge is -2.21. The van der Waals surface area contributed by atoms with Gasteiger partial charge in [-0.05, 0) is 43.0 Å². The van der Waals surface area contributed by atoms with Crippen LogP contribution >= 0.6 is 15.9 Å². The number of hydrogen-bond donors (Lipinski definition) is 2. The molecule has 90 valence electrons. The highest BCUT2D eigenvalue weighted by Gasteiger charge is 2.08. The zero-order valence-corrected chi connectivity index (χ0v) is 11.3. The van der Waals surface area contributed by atoms with Crippen molar-refractivity contribution in [2.24, 2.45) is 0 Å². The maximum Gasteiger partial charge on any atom is 0.139 e. The molecule has 3 nitrogen and oxygen atoms in total. The molecule has 0 amide bonds. The normalized spacial score (nSPS) is 12.9. The van der Waals surface area contributed by atoms with Crippen molar-refractivity contribution >= 4 is 27.3 Å². The zero-order valence-electron chi connectivity index (χ0n) is 9.72. The van der Waals surface area contributed by atoms with E-state index in [1.165, 1.54) is 6.07 Å². The van der Waals surface area contributed by atoms with Gasteiger partial charge in [0.15, 0.2) is 0 Å². The highest BCUT2D eigenvalue weighted by molar-refractivity contribution is 9.10. The molecule has 0 spiro atoms. The molecule has 1 atom stereocenters. The van der Waals surface area contributed by atoms with E-state index in [0.717, 1.165) is 6.54 Å². The molecule has 1 unspecified atom stereocenters. The molecule has 0 bridgehead atoms. The summed E-state index contributed by atoms with van der Waals surface area (Å²) in [6.07, 6.45) is 0. The van der Waals surface area contributed by atoms with E-state index in [1.54, 1.807) is 6.07 Å². The average Bonchev–Trinajstić information content (AvgIpc) is 2.20. The van der Waals surface area contributed by atoms with Gasteiger partial charge in [-0.15, -0.1) is 0 Å². The number of nitrogen functional groups attached to an aromatic ring is 1. The molecular weight excluding hydrogens is 273 g/mol. The van der Waals surface area contributed by atoms with Gasteiger partial charge in [0.1, 0.15) is 5.82 Å². The van der Waals surface area contributed by atoms with Gasteiger partial charge in [-0.25, -0.2) is 4.39 Å². The summed E-state index contributed by atoms with van der Waals surface area (Å²) in [5.74, 6) is -0.311. The van der Waals surface area contributed by atoms with Crippen LogP contribution in [0.4, 0.5) is 15.8 Å². The van der Waals surface area contributed by atoms with Crippen LogP contribution in [0.25, 0.3) is 0 Å². The van der Waals surface area contributed by atoms with Gasteiger partial charge in [-0.3, -0.25) is 0 Å². The van der Waals surface area contributed by atoms with Crippen molar-refractivity contribution in [1.82, 2.24) is 4.90 Å². The van der Waals surface area contributed by atoms with E-state index in [-0.39, 0.29) is 5.82 Å². The minimum absolute atomic E-state index is 0.311. The highest BCUT2D eigenvalue weighted by Crippen LogP contribution is 2.26. The second-order valence-corrected chi connectivity index (χ2v) is 4.90. The number of anilines is 2. The minimum atomic E-state index is -0.311. The first kappa shape index (κ1) is 13.3. The maximum absolute atomic E-state index is 13.3. The second-order valence-electron chi connectivity index (χ2n) is 4.05. The fourth-order valence-electron chi connectivity index (χ4n) is 1.16. The summed E-state index contributed by atoms with van der Waals surface area (Å²) in [5.41, 5.74) is 6.95. The van der Waals surface area contributed by atoms with Crippen LogP contribution in [0.5, 0.6) is 0 Å². The van der Waals surface area contributed by atoms with Crippen LogP contribution in [0.3, 0.4) is 0 Å². The van der Waals surface area contributed by atoms with Crippen LogP contribution in [-0.4, -0.2) is 31.6 Å². The number of benzene rings is 1. The molecule has 0 saturated heterocycles. The minimum Gasteiger partial charge on any atom is -0.397 e. The van der Waals surface area contributed by atoms with Gasteiger partial charge < -0.3 is 16.0 Å². The molecule has 1 aromatic rings. The molecule has 3 N–H and O–H groups in total. The van der Waals surface area contributed by atoms with E-state index in [1.807, 2.05) is 14.1 Å². The highest BCUT2D eigenvalue weighted by atomic mass is 79.9. The van der Waals surface area contributed by atoms with Crippen molar-refractivity contribution in [3.63, 3.8) is 0 Å². The molecule has 5 heteroatoms. The van der Waals surface area contributed by atoms with Crippen molar-refractivity contribution in [2.75, 3.05) is 31.7 Å². The molecule has 0 fully saturated rings. The molecule has 0 aliphatic carbocycles. The third kappa shape index (κ3) is 3.35. The zero-order chi connectivity index (χ0) is 12.3. The first-order valence-electron chi connectivity index (χ1n) is 5.06. The van der Waals surface area contributed by atoms with Gasteiger partial charge in [-0.2, -0.15) is 0 Å². The van der Waals surface area contributed by atoms with Crippen LogP contribution in [0.1, 0.15) is 6.92 Å². The van der Waals surface area contributed by atoms with E-state index < -0.39 is 0 Å². The topological polar surface area (TPSA) is 41.3 Å². The Kier molecular flexibility index (Phi) is 4.56. The molecule has 0 aliphatic heterocycles. The van der Waals surface area contributed by atoms with Crippen molar-refractivity contribution in [2.45, 2.75) is 13.0 Å². The fraction of sp³-hybridized carbons (Fsp3) is 0.455. The number of nitrogens with two attached hydrogens (primary N) is 1. The summed E-state index contributed by atoms with van der Waals surface area (Å²) in [6.45, 7) is 2.80. The Balaban J connectivity index is 2.71. The number of nitrogens with one attached hydrogen (secondary N) is 1. The van der Waals surface area contributed by atoms with E-state index in [0.29, 0.717) is 21.9 Å². The molecule has 1 rings (SSSR count). The Morgan fingerprint density at radius 1 is 1.50 bits per heavy atom. The van der Waals surface area contributed by atoms with Crippen LogP contribution in [-0.2, 0) is 0 Å². The lowest BCUT2D eigenvalue weighted by molar-refractivity contribution is 0.326. The predicted molar refractivity (Wildman–Crippen MR) is 70.2 cm³/mol. The maximum atomic E-state index is 13.3. The molecule has 0 radical (unpaired) electrons. The summed E-state index contributed by atoms with van der Waals surface area (Å²) in [5, 5.41) is 3.13. The smallest absolute Gasteiger partial charge is 0.139 e. The van der Waals surface area contributed by atoms with Crippen LogP contribution in [0.2, 0.25) is 0 Å². The third-order valence-corrected chi connectivity index (χ3v) is 3.17. The second kappa shape index (κ2) is 5.50. The van der Waals surface area contributed by atoms with Crippen molar-refractivity contribution < 1.29 is 4.39 Å². The van der Waals surface area contributed by atoms with Crippen molar-refractivity contribution in [3.05, 3.63) is 22.4 Å². The number of likely N-dealkylation sites (N-methyl/N-ethyl adjacent to an activating group) is 1. The van der Waals surface area contributed by atoms with Gasteiger partial charge in [0.05, 0.1) is 15.8 Å². The molecule has 1 aromatic carbocycles. The Labute approximate surface area is 104 Å². The van der Waals surface area contributed by atoms with Gasteiger partial charge in [0.25, 0.3) is 0 Å². The summed E-state index contributed by atoms with van der Waals surface area (Å²) in [4.78, 5) is 2.08. The molecule has 0 aliphatic rings. The number of rotatable bonds is 4. The summed E-state index contributed by atoms with van der Waals surface area (Å²) in [6, 6.07) is 3.32. The molecule has 0 aromatic heterocycles. The lowest BCUT2D eigenvalue weighted by Crippen LogP contribution is -2.31. The third-order valence-electron chi connectivity index (χ3n) is 2.56. The number of nitrogens with zero attached hydrogens (tertiary/aromatic N) is 1. The fourth-order valence-corrected chi connectivity index (χ4v) is 1.52. The summed E-state index contributed by atoms with van der Waals surface area (Å²) >= 11 is 3.09. The van der Waals surface area contributed by atoms with Crippen LogP contribution in [0.15, 0.2) is 16.6 Å². The van der Waals surface area contributed by atoms with Gasteiger partial charge in [0, 0.05) is 18.7 Å². The SMILES string of the molecule is CC(CNc1cc(F)c(Br)cc1N)N(C)C. The van der Waals surface area contributed by atoms with Crippen molar-refractivity contribution in [3.8, 4) is 0 Å². The first-order valence-corrected chi connectivity index (χ1v) is 5.86. The molecule has 16 heavy (non-hydrogen) atoms. The average molecular weight is 290 g/mol. The Morgan fingerprint density at radius 2 is 2.12 bits per heavy atom. The molecular formula is C11H17BrFN3. The quantitative estimate of drug-likeness (QED) is 0.837. The lowest BCUT2D eigenvalue weighted by atomic mass is 10.2. The van der Waals surface area contributed by atoms with E-state index in [2.05, 4.69) is 33.1 Å². The Bertz CT molecular complexity index is 368. The standard InChI is InChI=1S/C11H17BrFN3/c1-7(16(2)3)6-15-11-5-9(13)8(12)4-10(11)14/h4-5,7,15H,6,14H2,1-3H3. The predicted octanol–water partition coefficient (Wildman–Crippen LogP) is 2.53. The van der Waals surface area contributed by atoms with Gasteiger partial charge in [0.2, 0.25) is 0 Å². The Hall–Kier alpha value is -0.810. The first-order chi connectivity index (χ1) is 7.41. The number of hydrogen-bond acceptors (Lipinski definition) is 3. The summed E-state index contributed by atoms with van der Waals surface area (Å²) < 4.78 is 13.7. The van der Waals surface area contributed by atoms with Gasteiger partial charge in [-0.1, -0.05) is 0 Å². The van der Waals surface area contributed by atoms with E-state index >= 15 is 0 Å². The molecule has 0 heterocycles.